The Morgan fingerprint density at radius 3 is 2.35 bits per heavy atom. The number of esters is 1. The zero-order chi connectivity index (χ0) is 34.3. The van der Waals surface area contributed by atoms with Gasteiger partial charge in [-0.05, 0) is 51.9 Å². The Morgan fingerprint density at radius 1 is 0.978 bits per heavy atom. The number of aliphatic hydroxyl groups excluding tert-OH is 2. The fourth-order valence-corrected chi connectivity index (χ4v) is 5.78. The van der Waals surface area contributed by atoms with Gasteiger partial charge in [0.05, 0.1) is 31.7 Å². The lowest BCUT2D eigenvalue weighted by molar-refractivity contribution is -0.344. The third-order valence-corrected chi connectivity index (χ3v) is 8.84. The molecule has 10 heteroatoms. The van der Waals surface area contributed by atoms with Gasteiger partial charge >= 0.3 is 17.9 Å². The van der Waals surface area contributed by atoms with E-state index in [2.05, 4.69) is 19.9 Å². The molecule has 2 rings (SSSR count). The standard InChI is InChI=1S/C36H54O10/c1-6-7-20-35(46-34(43)17-16-33(41)42)22-23-36(45-31(35)14-10-26(3)19-24-37)21-18-28(5)30(44-36)13-9-25(2)8-12-29(38)27(4)11-15-32(39)40/h8-12,14-15,19,27-31,37-38H,6-7,13,16-18,20-24H2,1-5H3,(H,39,40)(H,41,42)/t27-,28-,29-,30+,31-,35+,36-/m0/s1. The number of carboxylic acid groups (broad SMARTS) is 2. The van der Waals surface area contributed by atoms with E-state index in [0.717, 1.165) is 36.5 Å². The van der Waals surface area contributed by atoms with Gasteiger partial charge in [0.25, 0.3) is 0 Å². The fraction of sp³-hybridized carbons (Fsp3) is 0.639. The average Bonchev–Trinajstić information content (AvgIpc) is 3.01. The highest BCUT2D eigenvalue weighted by Crippen LogP contribution is 2.48. The van der Waals surface area contributed by atoms with E-state index >= 15 is 0 Å². The van der Waals surface area contributed by atoms with Crippen LogP contribution in [-0.4, -0.2) is 74.6 Å². The van der Waals surface area contributed by atoms with E-state index < -0.39 is 41.5 Å². The lowest BCUT2D eigenvalue weighted by Gasteiger charge is -2.53. The molecule has 1 spiro atoms. The minimum Gasteiger partial charge on any atom is -0.481 e. The van der Waals surface area contributed by atoms with Gasteiger partial charge in [-0.15, -0.1) is 0 Å². The lowest BCUT2D eigenvalue weighted by atomic mass is 9.78. The van der Waals surface area contributed by atoms with Crippen molar-refractivity contribution < 1.29 is 49.0 Å². The van der Waals surface area contributed by atoms with Crippen LogP contribution in [0.3, 0.4) is 0 Å². The highest BCUT2D eigenvalue weighted by atomic mass is 16.7. The van der Waals surface area contributed by atoms with Crippen LogP contribution >= 0.6 is 0 Å². The molecule has 258 valence electrons. The minimum atomic E-state index is -1.06. The summed E-state index contributed by atoms with van der Waals surface area (Å²) < 4.78 is 19.7. The van der Waals surface area contributed by atoms with Gasteiger partial charge < -0.3 is 34.6 Å². The van der Waals surface area contributed by atoms with Crippen molar-refractivity contribution in [2.75, 3.05) is 6.61 Å². The number of carbonyl (C=O) groups excluding carboxylic acids is 1. The molecule has 0 aromatic heterocycles. The SMILES string of the molecule is CCCC[C@@]1(OC(=O)CCC(=O)O)CC[C@]2(CC[C@H](C)[C@@H](CC=C(C)C=C[C@H](O)[C@@H](C)C=CC(=O)O)O2)O[C@H]1C=CC(C)=CCO. The Bertz CT molecular complexity index is 1170. The Labute approximate surface area is 273 Å². The summed E-state index contributed by atoms with van der Waals surface area (Å²) in [5.74, 6) is -3.66. The van der Waals surface area contributed by atoms with Crippen LogP contribution in [0, 0.1) is 11.8 Å². The molecule has 7 atom stereocenters. The van der Waals surface area contributed by atoms with Crippen molar-refractivity contribution in [3.05, 3.63) is 59.8 Å². The summed E-state index contributed by atoms with van der Waals surface area (Å²) in [5, 5.41) is 37.6. The number of rotatable bonds is 17. The molecule has 0 saturated carbocycles. The second-order valence-corrected chi connectivity index (χ2v) is 12.7. The molecule has 10 nitrogen and oxygen atoms in total. The smallest absolute Gasteiger partial charge is 0.327 e. The minimum absolute atomic E-state index is 0.110. The normalized spacial score (nSPS) is 29.1. The van der Waals surface area contributed by atoms with Gasteiger partial charge in [-0.2, -0.15) is 0 Å². The van der Waals surface area contributed by atoms with Crippen LogP contribution < -0.4 is 0 Å². The van der Waals surface area contributed by atoms with Crippen LogP contribution in [-0.2, 0) is 28.6 Å². The molecule has 2 saturated heterocycles. The maximum absolute atomic E-state index is 12.9. The van der Waals surface area contributed by atoms with Crippen LogP contribution in [0.25, 0.3) is 0 Å². The first-order valence-electron chi connectivity index (χ1n) is 16.4. The number of aliphatic carboxylic acids is 2. The first kappa shape index (κ1) is 39.1. The summed E-state index contributed by atoms with van der Waals surface area (Å²) in [6.45, 7) is 9.64. The largest absolute Gasteiger partial charge is 0.481 e. The summed E-state index contributed by atoms with van der Waals surface area (Å²) in [5.41, 5.74) is 0.787. The molecule has 46 heavy (non-hydrogen) atoms. The third kappa shape index (κ3) is 12.6. The molecule has 0 aliphatic carbocycles. The molecule has 0 radical (unpaired) electrons. The van der Waals surface area contributed by atoms with Gasteiger partial charge in [0.2, 0.25) is 0 Å². The number of aliphatic hydroxyl groups is 2. The number of carboxylic acids is 2. The van der Waals surface area contributed by atoms with E-state index in [0.29, 0.717) is 32.1 Å². The number of hydrogen-bond donors (Lipinski definition) is 4. The second kappa shape index (κ2) is 18.9. The van der Waals surface area contributed by atoms with Gasteiger partial charge in [-0.1, -0.05) is 80.9 Å². The molecule has 2 aliphatic rings. The van der Waals surface area contributed by atoms with Gasteiger partial charge in [0.1, 0.15) is 11.7 Å². The molecule has 0 amide bonds. The topological polar surface area (TPSA) is 160 Å². The summed E-state index contributed by atoms with van der Waals surface area (Å²) in [7, 11) is 0. The first-order valence-corrected chi connectivity index (χ1v) is 16.4. The molecule has 0 aromatic rings. The predicted octanol–water partition coefficient (Wildman–Crippen LogP) is 6.04. The van der Waals surface area contributed by atoms with Crippen LogP contribution in [0.2, 0.25) is 0 Å². The molecule has 0 unspecified atom stereocenters. The molecule has 2 heterocycles. The van der Waals surface area contributed by atoms with Gasteiger partial charge in [0.15, 0.2) is 5.79 Å². The van der Waals surface area contributed by atoms with Crippen molar-refractivity contribution in [1.82, 2.24) is 0 Å². The molecule has 4 N–H and O–H groups in total. The summed E-state index contributed by atoms with van der Waals surface area (Å²) in [6, 6.07) is 0. The molecular weight excluding hydrogens is 592 g/mol. The molecular formula is C36H54O10. The number of hydrogen-bond acceptors (Lipinski definition) is 8. The number of unbranched alkanes of at least 4 members (excludes halogenated alkanes) is 1. The van der Waals surface area contributed by atoms with Gasteiger partial charge in [-0.25, -0.2) is 4.79 Å². The number of ether oxygens (including phenoxy) is 3. The Balaban J connectivity index is 2.28. The Morgan fingerprint density at radius 2 is 1.70 bits per heavy atom. The van der Waals surface area contributed by atoms with Crippen molar-refractivity contribution in [3.63, 3.8) is 0 Å². The second-order valence-electron chi connectivity index (χ2n) is 12.7. The lowest BCUT2D eigenvalue weighted by Crippen LogP contribution is -2.59. The molecule has 2 aliphatic heterocycles. The van der Waals surface area contributed by atoms with E-state index in [1.807, 2.05) is 32.1 Å². The van der Waals surface area contributed by atoms with E-state index in [4.69, 9.17) is 24.4 Å². The van der Waals surface area contributed by atoms with Crippen LogP contribution in [0.1, 0.15) is 98.8 Å². The predicted molar refractivity (Wildman–Crippen MR) is 175 cm³/mol. The third-order valence-electron chi connectivity index (χ3n) is 8.84. The Hall–Kier alpha value is -3.05. The van der Waals surface area contributed by atoms with E-state index in [9.17, 15) is 24.6 Å². The average molecular weight is 647 g/mol. The monoisotopic (exact) mass is 646 g/mol. The van der Waals surface area contributed by atoms with Crippen molar-refractivity contribution in [2.45, 2.75) is 129 Å². The highest BCUT2D eigenvalue weighted by Gasteiger charge is 2.54. The van der Waals surface area contributed by atoms with Crippen LogP contribution in [0.5, 0.6) is 0 Å². The van der Waals surface area contributed by atoms with E-state index in [-0.39, 0.29) is 37.4 Å². The number of allylic oxidation sites excluding steroid dienone is 4. The van der Waals surface area contributed by atoms with E-state index in [1.54, 1.807) is 19.1 Å². The molecule has 0 aromatic carbocycles. The Kier molecular flexibility index (Phi) is 16.1. The first-order chi connectivity index (χ1) is 21.7. The highest BCUT2D eigenvalue weighted by molar-refractivity contribution is 5.79. The maximum Gasteiger partial charge on any atom is 0.327 e. The van der Waals surface area contributed by atoms with Crippen molar-refractivity contribution in [3.8, 4) is 0 Å². The van der Waals surface area contributed by atoms with Crippen molar-refractivity contribution >= 4 is 17.9 Å². The summed E-state index contributed by atoms with van der Waals surface area (Å²) >= 11 is 0. The summed E-state index contributed by atoms with van der Waals surface area (Å²) in [6.07, 6.45) is 16.7. The zero-order valence-corrected chi connectivity index (χ0v) is 28.0. The van der Waals surface area contributed by atoms with Crippen molar-refractivity contribution in [2.24, 2.45) is 11.8 Å². The fourth-order valence-electron chi connectivity index (χ4n) is 5.78. The maximum atomic E-state index is 12.9. The molecule has 0 bridgehead atoms. The quantitative estimate of drug-likeness (QED) is 0.0834. The summed E-state index contributed by atoms with van der Waals surface area (Å²) in [4.78, 5) is 34.8. The molecule has 2 fully saturated rings. The van der Waals surface area contributed by atoms with Gasteiger partial charge in [0, 0.05) is 24.8 Å². The zero-order valence-electron chi connectivity index (χ0n) is 28.0. The van der Waals surface area contributed by atoms with Crippen LogP contribution in [0.4, 0.5) is 0 Å². The number of carbonyl (C=O) groups is 3. The van der Waals surface area contributed by atoms with Crippen molar-refractivity contribution in [1.29, 1.82) is 0 Å². The van der Waals surface area contributed by atoms with E-state index in [1.165, 1.54) is 6.08 Å². The van der Waals surface area contributed by atoms with Crippen LogP contribution in [0.15, 0.2) is 59.8 Å². The van der Waals surface area contributed by atoms with Gasteiger partial charge in [-0.3, -0.25) is 9.59 Å².